The van der Waals surface area contributed by atoms with Gasteiger partial charge in [0.1, 0.15) is 0 Å². The summed E-state index contributed by atoms with van der Waals surface area (Å²) in [5.41, 5.74) is 1.72. The van der Waals surface area contributed by atoms with Crippen LogP contribution in [0.15, 0.2) is 29.3 Å². The smallest absolute Gasteiger partial charge is 0.321 e. The van der Waals surface area contributed by atoms with E-state index < -0.39 is 9.84 Å². The lowest BCUT2D eigenvalue weighted by atomic mass is 10.2. The van der Waals surface area contributed by atoms with Crippen molar-refractivity contribution in [2.24, 2.45) is 4.99 Å². The third kappa shape index (κ3) is 7.32. The quantitative estimate of drug-likeness (QED) is 0.305. The number of carbonyl (C=O) groups is 1. The van der Waals surface area contributed by atoms with Crippen LogP contribution >= 0.6 is 24.0 Å². The standard InChI is InChI=1S/C19H29N5O3S.HI/c1-2-20-18(22-17-8-11-28(26,27)14-17)21-13-15-6-5-7-16(12-15)23-19(25)24-9-3-4-10-24;/h5-7,12,17H,2-4,8-11,13-14H2,1H3,(H,23,25)(H2,20,21,22);1H. The van der Waals surface area contributed by atoms with Gasteiger partial charge >= 0.3 is 6.03 Å². The van der Waals surface area contributed by atoms with Gasteiger partial charge in [-0.1, -0.05) is 12.1 Å². The van der Waals surface area contributed by atoms with Gasteiger partial charge in [-0.15, -0.1) is 24.0 Å². The molecule has 2 aliphatic rings. The van der Waals surface area contributed by atoms with Gasteiger partial charge in [-0.2, -0.15) is 0 Å². The number of benzene rings is 1. The Hall–Kier alpha value is -1.56. The van der Waals surface area contributed by atoms with Crippen molar-refractivity contribution < 1.29 is 13.2 Å². The molecule has 2 saturated heterocycles. The monoisotopic (exact) mass is 535 g/mol. The summed E-state index contributed by atoms with van der Waals surface area (Å²) in [7, 11) is -2.94. The van der Waals surface area contributed by atoms with Crippen LogP contribution in [0, 0.1) is 0 Å². The van der Waals surface area contributed by atoms with Gasteiger partial charge in [0.25, 0.3) is 0 Å². The molecule has 1 unspecified atom stereocenters. The normalized spacial score (nSPS) is 20.8. The van der Waals surface area contributed by atoms with Crippen molar-refractivity contribution in [2.45, 2.75) is 38.8 Å². The summed E-state index contributed by atoms with van der Waals surface area (Å²) in [5, 5.41) is 9.31. The molecule has 0 radical (unpaired) electrons. The van der Waals surface area contributed by atoms with E-state index in [1.807, 2.05) is 36.1 Å². The zero-order chi connectivity index (χ0) is 20.0. The van der Waals surface area contributed by atoms with E-state index in [1.54, 1.807) is 0 Å². The molecule has 2 aliphatic heterocycles. The van der Waals surface area contributed by atoms with Gasteiger partial charge < -0.3 is 20.9 Å². The maximum absolute atomic E-state index is 12.2. The van der Waals surface area contributed by atoms with Crippen LogP contribution in [0.25, 0.3) is 0 Å². The summed E-state index contributed by atoms with van der Waals surface area (Å²) >= 11 is 0. The molecule has 162 valence electrons. The number of aliphatic imine (C=N–C) groups is 1. The Morgan fingerprint density at radius 2 is 2.03 bits per heavy atom. The summed E-state index contributed by atoms with van der Waals surface area (Å²) in [4.78, 5) is 18.6. The molecule has 2 heterocycles. The number of nitrogens with one attached hydrogen (secondary N) is 3. The molecule has 2 amide bonds. The Balaban J connectivity index is 0.00000300. The van der Waals surface area contributed by atoms with Crippen molar-refractivity contribution in [2.75, 3.05) is 36.5 Å². The Kier molecular flexibility index (Phi) is 9.00. The molecule has 0 saturated carbocycles. The van der Waals surface area contributed by atoms with Gasteiger partial charge in [-0.3, -0.25) is 0 Å². The van der Waals surface area contributed by atoms with E-state index in [9.17, 15) is 13.2 Å². The zero-order valence-corrected chi connectivity index (χ0v) is 19.8. The first-order chi connectivity index (χ1) is 13.4. The minimum atomic E-state index is -2.94. The van der Waals surface area contributed by atoms with Crippen LogP contribution in [0.4, 0.5) is 10.5 Å². The fourth-order valence-corrected chi connectivity index (χ4v) is 5.14. The largest absolute Gasteiger partial charge is 0.357 e. The molecule has 3 N–H and O–H groups in total. The second-order valence-corrected chi connectivity index (χ2v) is 9.49. The molecular formula is C19H30IN5O3S. The molecule has 0 aliphatic carbocycles. The molecular weight excluding hydrogens is 505 g/mol. The van der Waals surface area contributed by atoms with E-state index >= 15 is 0 Å². The molecule has 1 aromatic carbocycles. The van der Waals surface area contributed by atoms with Crippen molar-refractivity contribution >= 4 is 51.5 Å². The van der Waals surface area contributed by atoms with Crippen molar-refractivity contribution in [1.82, 2.24) is 15.5 Å². The number of hydrogen-bond acceptors (Lipinski definition) is 4. The van der Waals surface area contributed by atoms with Gasteiger partial charge in [-0.25, -0.2) is 18.2 Å². The Morgan fingerprint density at radius 1 is 1.28 bits per heavy atom. The highest BCUT2D eigenvalue weighted by atomic mass is 127. The van der Waals surface area contributed by atoms with Crippen LogP contribution in [-0.2, 0) is 16.4 Å². The van der Waals surface area contributed by atoms with E-state index in [2.05, 4.69) is 20.9 Å². The lowest BCUT2D eigenvalue weighted by molar-refractivity contribution is 0.222. The van der Waals surface area contributed by atoms with Gasteiger partial charge in [0.05, 0.1) is 18.1 Å². The van der Waals surface area contributed by atoms with Gasteiger partial charge in [0.15, 0.2) is 15.8 Å². The van der Waals surface area contributed by atoms with Gasteiger partial charge in [0, 0.05) is 31.4 Å². The predicted molar refractivity (Wildman–Crippen MR) is 127 cm³/mol. The van der Waals surface area contributed by atoms with Gasteiger partial charge in [-0.05, 0) is 43.9 Å². The predicted octanol–water partition coefficient (Wildman–Crippen LogP) is 2.17. The molecule has 0 aromatic heterocycles. The highest BCUT2D eigenvalue weighted by molar-refractivity contribution is 14.0. The maximum atomic E-state index is 12.2. The highest BCUT2D eigenvalue weighted by Crippen LogP contribution is 2.15. The summed E-state index contributed by atoms with van der Waals surface area (Å²) in [6.45, 7) is 4.71. The van der Waals surface area contributed by atoms with Crippen LogP contribution in [0.2, 0.25) is 0 Å². The average Bonchev–Trinajstić information content (AvgIpc) is 3.30. The molecule has 3 rings (SSSR count). The molecule has 1 aromatic rings. The second kappa shape index (κ2) is 11.0. The fraction of sp³-hybridized carbons (Fsp3) is 0.579. The third-order valence-electron chi connectivity index (χ3n) is 4.91. The SMILES string of the molecule is CCNC(=NCc1cccc(NC(=O)N2CCCC2)c1)NC1CCS(=O)(=O)C1.I. The number of halogens is 1. The number of sulfone groups is 1. The minimum Gasteiger partial charge on any atom is -0.357 e. The van der Waals surface area contributed by atoms with Gasteiger partial charge in [0.2, 0.25) is 0 Å². The Morgan fingerprint density at radius 3 is 2.69 bits per heavy atom. The number of rotatable bonds is 5. The van der Waals surface area contributed by atoms with E-state index in [-0.39, 0.29) is 47.6 Å². The summed E-state index contributed by atoms with van der Waals surface area (Å²) in [6, 6.07) is 7.48. The lowest BCUT2D eigenvalue weighted by Gasteiger charge is -2.17. The number of urea groups is 1. The number of anilines is 1. The first-order valence-corrected chi connectivity index (χ1v) is 11.7. The number of carbonyl (C=O) groups excluding carboxylic acids is 1. The van der Waals surface area contributed by atoms with Crippen molar-refractivity contribution in [3.8, 4) is 0 Å². The number of hydrogen-bond donors (Lipinski definition) is 3. The van der Waals surface area contributed by atoms with Crippen LogP contribution in [0.1, 0.15) is 31.7 Å². The molecule has 8 nitrogen and oxygen atoms in total. The van der Waals surface area contributed by atoms with E-state index in [4.69, 9.17) is 0 Å². The first-order valence-electron chi connectivity index (χ1n) is 9.85. The van der Waals surface area contributed by atoms with Crippen molar-refractivity contribution in [1.29, 1.82) is 0 Å². The zero-order valence-electron chi connectivity index (χ0n) is 16.7. The molecule has 29 heavy (non-hydrogen) atoms. The number of likely N-dealkylation sites (tertiary alicyclic amines) is 1. The maximum Gasteiger partial charge on any atom is 0.321 e. The Bertz CT molecular complexity index is 825. The summed E-state index contributed by atoms with van der Waals surface area (Å²) < 4.78 is 23.3. The second-order valence-electron chi connectivity index (χ2n) is 7.26. The van der Waals surface area contributed by atoms with Crippen LogP contribution in [0.5, 0.6) is 0 Å². The molecule has 2 fully saturated rings. The summed E-state index contributed by atoms with van der Waals surface area (Å²) in [5.74, 6) is 0.981. The third-order valence-corrected chi connectivity index (χ3v) is 6.68. The Labute approximate surface area is 189 Å². The fourth-order valence-electron chi connectivity index (χ4n) is 3.46. The van der Waals surface area contributed by atoms with Crippen LogP contribution < -0.4 is 16.0 Å². The first kappa shape index (κ1) is 23.7. The van der Waals surface area contributed by atoms with E-state index in [0.717, 1.165) is 37.2 Å². The number of guanidine groups is 1. The van der Waals surface area contributed by atoms with Crippen molar-refractivity contribution in [3.05, 3.63) is 29.8 Å². The molecule has 0 spiro atoms. The molecule has 10 heteroatoms. The lowest BCUT2D eigenvalue weighted by Crippen LogP contribution is -2.44. The van der Waals surface area contributed by atoms with E-state index in [0.29, 0.717) is 25.5 Å². The highest BCUT2D eigenvalue weighted by Gasteiger charge is 2.28. The topological polar surface area (TPSA) is 103 Å². The van der Waals surface area contributed by atoms with Crippen LogP contribution in [0.3, 0.4) is 0 Å². The summed E-state index contributed by atoms with van der Waals surface area (Å²) in [6.07, 6.45) is 2.72. The van der Waals surface area contributed by atoms with Crippen LogP contribution in [-0.4, -0.2) is 62.5 Å². The average molecular weight is 535 g/mol. The number of amides is 2. The van der Waals surface area contributed by atoms with Crippen molar-refractivity contribution in [3.63, 3.8) is 0 Å². The molecule has 1 atom stereocenters. The minimum absolute atomic E-state index is 0. The number of nitrogens with zero attached hydrogens (tertiary/aromatic N) is 2. The van der Waals surface area contributed by atoms with E-state index in [1.165, 1.54) is 0 Å². The molecule has 0 bridgehead atoms.